The van der Waals surface area contributed by atoms with Gasteiger partial charge in [0, 0.05) is 53.3 Å². The first kappa shape index (κ1) is 33.3. The Labute approximate surface area is 272 Å². The Morgan fingerprint density at radius 1 is 1.02 bits per heavy atom. The Bertz CT molecular complexity index is 1640. The van der Waals surface area contributed by atoms with Gasteiger partial charge in [-0.05, 0) is 42.3 Å². The van der Waals surface area contributed by atoms with Gasteiger partial charge in [0.1, 0.15) is 26.0 Å². The number of nitrogens with zero attached hydrogens (tertiary/aromatic N) is 5. The molecule has 0 spiro atoms. The van der Waals surface area contributed by atoms with Crippen molar-refractivity contribution in [3.8, 4) is 0 Å². The summed E-state index contributed by atoms with van der Waals surface area (Å²) in [5.74, 6) is -1.93. The van der Waals surface area contributed by atoms with E-state index in [-0.39, 0.29) is 60.3 Å². The molecule has 1 unspecified atom stereocenters. The number of nitro benzene ring substituents is 2. The first-order valence-corrected chi connectivity index (χ1v) is 15.4. The molecule has 248 valence electrons. The monoisotopic (exact) mass is 669 g/mol. The Morgan fingerprint density at radius 2 is 1.57 bits per heavy atom. The number of oxime groups is 1. The van der Waals surface area contributed by atoms with Crippen molar-refractivity contribution < 1.29 is 43.6 Å². The van der Waals surface area contributed by atoms with Crippen LogP contribution < -0.4 is 0 Å². The highest BCUT2D eigenvalue weighted by Gasteiger charge is 2.60. The molecule has 0 aromatic heterocycles. The fourth-order valence-electron chi connectivity index (χ4n) is 5.85. The van der Waals surface area contributed by atoms with Crippen LogP contribution in [0, 0.1) is 32.1 Å². The van der Waals surface area contributed by atoms with E-state index in [4.69, 9.17) is 14.3 Å². The highest BCUT2D eigenvalue weighted by atomic mass is 32.2. The number of rotatable bonds is 11. The van der Waals surface area contributed by atoms with Gasteiger partial charge in [-0.1, -0.05) is 12.1 Å². The highest BCUT2D eigenvalue weighted by Crippen LogP contribution is 2.52. The molecule has 0 saturated carbocycles. The van der Waals surface area contributed by atoms with Crippen molar-refractivity contribution in [3.63, 3.8) is 0 Å². The van der Waals surface area contributed by atoms with Gasteiger partial charge in [-0.15, -0.1) is 11.8 Å². The van der Waals surface area contributed by atoms with Crippen molar-refractivity contribution in [1.29, 1.82) is 0 Å². The highest BCUT2D eigenvalue weighted by molar-refractivity contribution is 8.03. The summed E-state index contributed by atoms with van der Waals surface area (Å²) in [4.78, 5) is 68.8. The van der Waals surface area contributed by atoms with Crippen molar-refractivity contribution in [2.24, 2.45) is 17.0 Å². The van der Waals surface area contributed by atoms with Crippen LogP contribution in [0.2, 0.25) is 0 Å². The molecule has 3 aliphatic rings. The molecule has 0 aliphatic carbocycles. The van der Waals surface area contributed by atoms with E-state index < -0.39 is 45.9 Å². The van der Waals surface area contributed by atoms with Crippen molar-refractivity contribution in [2.45, 2.75) is 50.9 Å². The molecule has 0 bridgehead atoms. The number of β-lactam (4-membered cyclic amide) rings is 1. The number of nitro groups is 2. The number of thioether (sulfide) groups is 1. The van der Waals surface area contributed by atoms with E-state index in [1.54, 1.807) is 0 Å². The second kappa shape index (κ2) is 13.8. The normalized spacial score (nSPS) is 23.3. The first-order chi connectivity index (χ1) is 22.4. The van der Waals surface area contributed by atoms with Crippen molar-refractivity contribution in [3.05, 3.63) is 90.5 Å². The first-order valence-electron chi connectivity index (χ1n) is 14.5. The number of amides is 2. The SMILES string of the molecule is CO/N=C1/C[C@H](SC2=C(C(=O)OCc3ccc([N+](=O)[O-])cc3)N3C(=O)[C@H](C(C)O)[C@H]3[C@H]2C)CN1C(=O)OCc1ccc([N+](=O)[O-])cc1. The summed E-state index contributed by atoms with van der Waals surface area (Å²) in [5.41, 5.74) is 0.910. The number of hydrogen-bond donors (Lipinski definition) is 1. The number of fused-ring (bicyclic) bond motifs is 1. The molecule has 47 heavy (non-hydrogen) atoms. The van der Waals surface area contributed by atoms with Crippen LogP contribution in [0.1, 0.15) is 31.4 Å². The second-order valence-corrected chi connectivity index (χ2v) is 12.5. The van der Waals surface area contributed by atoms with Crippen LogP contribution in [0.25, 0.3) is 0 Å². The van der Waals surface area contributed by atoms with E-state index in [0.29, 0.717) is 16.0 Å². The molecule has 2 saturated heterocycles. The molecule has 5 atom stereocenters. The zero-order chi connectivity index (χ0) is 34.0. The van der Waals surface area contributed by atoms with Gasteiger partial charge < -0.3 is 24.3 Å². The van der Waals surface area contributed by atoms with Gasteiger partial charge >= 0.3 is 12.1 Å². The summed E-state index contributed by atoms with van der Waals surface area (Å²) in [7, 11) is 1.33. The van der Waals surface area contributed by atoms with Crippen LogP contribution in [0.3, 0.4) is 0 Å². The minimum atomic E-state index is -0.944. The number of aliphatic hydroxyl groups is 1. The van der Waals surface area contributed by atoms with Crippen molar-refractivity contribution >= 4 is 46.9 Å². The fraction of sp³-hybridized carbons (Fsp3) is 0.400. The molecule has 1 N–H and O–H groups in total. The molecule has 3 aliphatic heterocycles. The minimum Gasteiger partial charge on any atom is -0.456 e. The number of hydrogen-bond acceptors (Lipinski definition) is 13. The van der Waals surface area contributed by atoms with Gasteiger partial charge in [0.2, 0.25) is 5.91 Å². The molecule has 2 fully saturated rings. The van der Waals surface area contributed by atoms with Gasteiger partial charge in [0.05, 0.1) is 27.9 Å². The van der Waals surface area contributed by atoms with Gasteiger partial charge in [-0.2, -0.15) is 0 Å². The zero-order valence-electron chi connectivity index (χ0n) is 25.5. The molecule has 2 aromatic rings. The van der Waals surface area contributed by atoms with E-state index in [2.05, 4.69) is 5.16 Å². The topological polar surface area (TPSA) is 204 Å². The summed E-state index contributed by atoms with van der Waals surface area (Å²) >= 11 is 1.30. The molecule has 0 radical (unpaired) electrons. The summed E-state index contributed by atoms with van der Waals surface area (Å²) in [6.45, 7) is 3.17. The van der Waals surface area contributed by atoms with Crippen molar-refractivity contribution in [1.82, 2.24) is 9.80 Å². The third kappa shape index (κ3) is 6.76. The predicted molar refractivity (Wildman–Crippen MR) is 165 cm³/mol. The van der Waals surface area contributed by atoms with Crippen LogP contribution in [-0.2, 0) is 37.1 Å². The van der Waals surface area contributed by atoms with E-state index in [1.807, 2.05) is 6.92 Å². The maximum absolute atomic E-state index is 13.5. The van der Waals surface area contributed by atoms with Crippen molar-refractivity contribution in [2.75, 3.05) is 13.7 Å². The molecular weight excluding hydrogens is 638 g/mol. The lowest BCUT2D eigenvalue weighted by Gasteiger charge is -2.46. The average Bonchev–Trinajstić information content (AvgIpc) is 3.55. The van der Waals surface area contributed by atoms with Crippen LogP contribution in [0.4, 0.5) is 16.2 Å². The second-order valence-electron chi connectivity index (χ2n) is 11.2. The van der Waals surface area contributed by atoms with E-state index in [9.17, 15) is 39.7 Å². The summed E-state index contributed by atoms with van der Waals surface area (Å²) in [6.07, 6.45) is -1.40. The Morgan fingerprint density at radius 3 is 2.09 bits per heavy atom. The summed E-state index contributed by atoms with van der Waals surface area (Å²) in [6, 6.07) is 10.7. The fourth-order valence-corrected chi connectivity index (χ4v) is 7.32. The third-order valence-electron chi connectivity index (χ3n) is 8.15. The Kier molecular flexibility index (Phi) is 9.76. The Balaban J connectivity index is 1.32. The van der Waals surface area contributed by atoms with Gasteiger partial charge in [-0.25, -0.2) is 9.59 Å². The van der Waals surface area contributed by atoms with E-state index in [1.165, 1.54) is 84.1 Å². The molecule has 2 aromatic carbocycles. The standard InChI is InChI=1S/C30H31N5O11S/c1-16-25-24(17(2)36)28(37)33(25)26(29(38)45-14-18-4-8-20(9-5-18)34(40)41)27(16)47-22-12-23(31-44-3)32(13-22)30(39)46-15-19-6-10-21(11-7-19)35(42)43/h4-11,16-17,22,24-25,36H,12-15H2,1-3H3/b31-23-/t16-,17?,22+,24-,25-/m1/s1. The summed E-state index contributed by atoms with van der Waals surface area (Å²) < 4.78 is 11.0. The number of carbonyl (C=O) groups excluding carboxylic acids is 3. The van der Waals surface area contributed by atoms with E-state index in [0.717, 1.165) is 0 Å². The number of ether oxygens (including phenoxy) is 2. The van der Waals surface area contributed by atoms with Crippen LogP contribution in [0.15, 0.2) is 64.3 Å². The smallest absolute Gasteiger partial charge is 0.415 e. The number of non-ortho nitro benzene ring substituents is 2. The minimum absolute atomic E-state index is 0.0562. The number of likely N-dealkylation sites (tertiary alicyclic amines) is 1. The lowest BCUT2D eigenvalue weighted by molar-refractivity contribution is -0.385. The molecular formula is C30H31N5O11S. The van der Waals surface area contributed by atoms with Crippen LogP contribution >= 0.6 is 11.8 Å². The third-order valence-corrected chi connectivity index (χ3v) is 9.62. The number of esters is 1. The molecule has 5 rings (SSSR count). The molecule has 16 nitrogen and oxygen atoms in total. The number of benzene rings is 2. The zero-order valence-corrected chi connectivity index (χ0v) is 26.3. The number of aliphatic hydroxyl groups excluding tert-OH is 1. The molecule has 2 amide bonds. The average molecular weight is 670 g/mol. The van der Waals surface area contributed by atoms with Gasteiger partial charge in [0.15, 0.2) is 5.84 Å². The summed E-state index contributed by atoms with van der Waals surface area (Å²) in [5, 5.41) is 35.9. The molecule has 17 heteroatoms. The number of carbonyl (C=O) groups is 3. The predicted octanol–water partition coefficient (Wildman–Crippen LogP) is 3.72. The number of amidine groups is 1. The van der Waals surface area contributed by atoms with Gasteiger partial charge in [-0.3, -0.25) is 29.9 Å². The Hall–Kier alpha value is -5.03. The maximum atomic E-state index is 13.5. The van der Waals surface area contributed by atoms with Crippen LogP contribution in [0.5, 0.6) is 0 Å². The van der Waals surface area contributed by atoms with Crippen LogP contribution in [-0.4, -0.2) is 79.6 Å². The maximum Gasteiger partial charge on any atom is 0.415 e. The van der Waals surface area contributed by atoms with E-state index >= 15 is 0 Å². The van der Waals surface area contributed by atoms with Gasteiger partial charge in [0.25, 0.3) is 11.4 Å². The quantitative estimate of drug-likeness (QED) is 0.157. The lowest BCUT2D eigenvalue weighted by Crippen LogP contribution is -2.63. The lowest BCUT2D eigenvalue weighted by atomic mass is 9.79. The largest absolute Gasteiger partial charge is 0.456 e. The molecule has 3 heterocycles.